The van der Waals surface area contributed by atoms with E-state index in [1.807, 2.05) is 6.07 Å². The molecule has 8 heteroatoms. The van der Waals surface area contributed by atoms with Crippen molar-refractivity contribution >= 4 is 27.6 Å². The molecule has 2 aromatic rings. The summed E-state index contributed by atoms with van der Waals surface area (Å²) in [6.45, 7) is 0.518. The molecule has 0 spiro atoms. The topological polar surface area (TPSA) is 63.7 Å². The number of hydrogen-bond donors (Lipinski definition) is 0. The summed E-state index contributed by atoms with van der Waals surface area (Å²) in [6, 6.07) is 11.8. The minimum atomic E-state index is -3.69. The number of hydrogen-bond acceptors (Lipinski definition) is 4. The number of piperidine rings is 1. The summed E-state index contributed by atoms with van der Waals surface area (Å²) in [5.74, 6) is -1.20. The van der Waals surface area contributed by atoms with Gasteiger partial charge in [0.25, 0.3) is 0 Å². The van der Waals surface area contributed by atoms with Gasteiger partial charge in [0.15, 0.2) is 0 Å². The smallest absolute Gasteiger partial charge is 0.309 e. The molecule has 1 saturated heterocycles. The van der Waals surface area contributed by atoms with Crippen molar-refractivity contribution in [2.45, 2.75) is 24.3 Å². The number of rotatable bonds is 5. The SMILES string of the molecule is O=C(OCc1ccccc1Cl)C1CCN(S(=O)(=O)c2ccc(F)cc2)CC1. The van der Waals surface area contributed by atoms with E-state index in [0.29, 0.717) is 17.9 Å². The Morgan fingerprint density at radius 2 is 1.74 bits per heavy atom. The molecule has 144 valence electrons. The Balaban J connectivity index is 1.56. The van der Waals surface area contributed by atoms with Crippen LogP contribution >= 0.6 is 11.6 Å². The zero-order chi connectivity index (χ0) is 19.4. The summed E-state index contributed by atoms with van der Waals surface area (Å²) >= 11 is 6.04. The highest BCUT2D eigenvalue weighted by Gasteiger charge is 2.32. The fourth-order valence-electron chi connectivity index (χ4n) is 2.97. The van der Waals surface area contributed by atoms with Gasteiger partial charge in [-0.2, -0.15) is 4.31 Å². The minimum Gasteiger partial charge on any atom is -0.461 e. The summed E-state index contributed by atoms with van der Waals surface area (Å²) < 4.78 is 44.9. The van der Waals surface area contributed by atoms with Gasteiger partial charge in [0.05, 0.1) is 10.8 Å². The minimum absolute atomic E-state index is 0.0450. The van der Waals surface area contributed by atoms with Crippen LogP contribution in [0, 0.1) is 11.7 Å². The fourth-order valence-corrected chi connectivity index (χ4v) is 4.63. The first-order chi connectivity index (χ1) is 12.9. The molecule has 0 aromatic heterocycles. The van der Waals surface area contributed by atoms with Gasteiger partial charge in [-0.1, -0.05) is 29.8 Å². The Kier molecular flexibility index (Phi) is 6.14. The van der Waals surface area contributed by atoms with Gasteiger partial charge in [0, 0.05) is 23.7 Å². The summed E-state index contributed by atoms with van der Waals surface area (Å²) in [5.41, 5.74) is 0.726. The Hall–Kier alpha value is -1.96. The molecule has 0 N–H and O–H groups in total. The molecule has 1 aliphatic rings. The van der Waals surface area contributed by atoms with Gasteiger partial charge in [0.1, 0.15) is 12.4 Å². The maximum Gasteiger partial charge on any atom is 0.309 e. The third kappa shape index (κ3) is 4.66. The van der Waals surface area contributed by atoms with E-state index in [1.165, 1.54) is 16.4 Å². The van der Waals surface area contributed by atoms with Gasteiger partial charge in [-0.05, 0) is 43.2 Å². The van der Waals surface area contributed by atoms with Crippen LogP contribution in [0.5, 0.6) is 0 Å². The maximum atomic E-state index is 13.0. The molecule has 1 aliphatic heterocycles. The van der Waals surface area contributed by atoms with Crippen LogP contribution < -0.4 is 0 Å². The van der Waals surface area contributed by atoms with E-state index in [2.05, 4.69) is 0 Å². The third-order valence-corrected chi connectivity index (χ3v) is 6.85. The molecule has 0 unspecified atom stereocenters. The Morgan fingerprint density at radius 3 is 2.37 bits per heavy atom. The molecule has 2 aromatic carbocycles. The van der Waals surface area contributed by atoms with E-state index < -0.39 is 15.8 Å². The van der Waals surface area contributed by atoms with Crippen molar-refractivity contribution in [1.82, 2.24) is 4.31 Å². The van der Waals surface area contributed by atoms with Crippen LogP contribution in [0.2, 0.25) is 5.02 Å². The van der Waals surface area contributed by atoms with Gasteiger partial charge in [0.2, 0.25) is 10.0 Å². The van der Waals surface area contributed by atoms with E-state index in [0.717, 1.165) is 17.7 Å². The lowest BCUT2D eigenvalue weighted by molar-refractivity contribution is -0.151. The maximum absolute atomic E-state index is 13.0. The van der Waals surface area contributed by atoms with Crippen LogP contribution in [-0.2, 0) is 26.2 Å². The highest BCUT2D eigenvalue weighted by molar-refractivity contribution is 7.89. The lowest BCUT2D eigenvalue weighted by Crippen LogP contribution is -2.40. The van der Waals surface area contributed by atoms with Crippen LogP contribution in [0.1, 0.15) is 18.4 Å². The van der Waals surface area contributed by atoms with Gasteiger partial charge in [-0.25, -0.2) is 12.8 Å². The van der Waals surface area contributed by atoms with Gasteiger partial charge in [-0.15, -0.1) is 0 Å². The summed E-state index contributed by atoms with van der Waals surface area (Å²) in [7, 11) is -3.69. The molecule has 0 aliphatic carbocycles. The largest absolute Gasteiger partial charge is 0.461 e. The number of nitrogens with zero attached hydrogens (tertiary/aromatic N) is 1. The molecular formula is C19H19ClFNO4S. The zero-order valence-corrected chi connectivity index (χ0v) is 16.0. The number of carbonyl (C=O) groups is 1. The summed E-state index contributed by atoms with van der Waals surface area (Å²) in [6.07, 6.45) is 0.754. The molecule has 27 heavy (non-hydrogen) atoms. The first-order valence-electron chi connectivity index (χ1n) is 8.53. The molecule has 0 atom stereocenters. The monoisotopic (exact) mass is 411 g/mol. The number of esters is 1. The second-order valence-electron chi connectivity index (χ2n) is 6.33. The molecule has 1 heterocycles. The second kappa shape index (κ2) is 8.37. The van der Waals surface area contributed by atoms with Crippen molar-refractivity contribution in [3.05, 3.63) is 64.9 Å². The average molecular weight is 412 g/mol. The molecule has 3 rings (SSSR count). The lowest BCUT2D eigenvalue weighted by Gasteiger charge is -2.30. The van der Waals surface area contributed by atoms with Gasteiger partial charge >= 0.3 is 5.97 Å². The Labute approximate surface area is 162 Å². The van der Waals surface area contributed by atoms with Gasteiger partial charge in [-0.3, -0.25) is 4.79 Å². The number of carbonyl (C=O) groups excluding carboxylic acids is 1. The van der Waals surface area contributed by atoms with Crippen molar-refractivity contribution in [2.24, 2.45) is 5.92 Å². The first kappa shape index (κ1) is 19.8. The number of benzene rings is 2. The predicted molar refractivity (Wildman–Crippen MR) is 99.1 cm³/mol. The number of sulfonamides is 1. The van der Waals surface area contributed by atoms with E-state index in [9.17, 15) is 17.6 Å². The zero-order valence-electron chi connectivity index (χ0n) is 14.5. The Bertz CT molecular complexity index is 910. The molecule has 5 nitrogen and oxygen atoms in total. The van der Waals surface area contributed by atoms with Crippen LogP contribution in [0.4, 0.5) is 4.39 Å². The molecule has 1 fully saturated rings. The van der Waals surface area contributed by atoms with E-state index in [1.54, 1.807) is 18.2 Å². The van der Waals surface area contributed by atoms with Crippen LogP contribution in [-0.4, -0.2) is 31.8 Å². The van der Waals surface area contributed by atoms with Crippen molar-refractivity contribution in [1.29, 1.82) is 0 Å². The number of halogens is 2. The molecule has 0 amide bonds. The van der Waals surface area contributed by atoms with E-state index in [-0.39, 0.29) is 36.5 Å². The molecule has 0 radical (unpaired) electrons. The molecule has 0 bridgehead atoms. The average Bonchev–Trinajstić information content (AvgIpc) is 2.67. The van der Waals surface area contributed by atoms with Crippen LogP contribution in [0.3, 0.4) is 0 Å². The Morgan fingerprint density at radius 1 is 1.11 bits per heavy atom. The quantitative estimate of drug-likeness (QED) is 0.705. The van der Waals surface area contributed by atoms with E-state index >= 15 is 0 Å². The standard InChI is InChI=1S/C19H19ClFNO4S/c20-18-4-2-1-3-15(18)13-26-19(23)14-9-11-22(12-10-14)27(24,25)17-7-5-16(21)6-8-17/h1-8,14H,9-13H2. The van der Waals surface area contributed by atoms with Crippen molar-refractivity contribution in [3.63, 3.8) is 0 Å². The van der Waals surface area contributed by atoms with Crippen LogP contribution in [0.15, 0.2) is 53.4 Å². The number of ether oxygens (including phenoxy) is 1. The van der Waals surface area contributed by atoms with Crippen molar-refractivity contribution in [3.8, 4) is 0 Å². The van der Waals surface area contributed by atoms with Crippen molar-refractivity contribution in [2.75, 3.05) is 13.1 Å². The van der Waals surface area contributed by atoms with Crippen LogP contribution in [0.25, 0.3) is 0 Å². The predicted octanol–water partition coefficient (Wildman–Crippen LogP) is 3.62. The highest BCUT2D eigenvalue weighted by atomic mass is 35.5. The first-order valence-corrected chi connectivity index (χ1v) is 10.4. The lowest BCUT2D eigenvalue weighted by atomic mass is 9.98. The second-order valence-corrected chi connectivity index (χ2v) is 8.68. The third-order valence-electron chi connectivity index (χ3n) is 4.57. The normalized spacial score (nSPS) is 16.2. The summed E-state index contributed by atoms with van der Waals surface area (Å²) in [4.78, 5) is 12.3. The molecular weight excluding hydrogens is 393 g/mol. The van der Waals surface area contributed by atoms with Gasteiger partial charge < -0.3 is 4.74 Å². The summed E-state index contributed by atoms with van der Waals surface area (Å²) in [5, 5.41) is 0.533. The van der Waals surface area contributed by atoms with Crippen molar-refractivity contribution < 1.29 is 22.3 Å². The molecule has 0 saturated carbocycles. The highest BCUT2D eigenvalue weighted by Crippen LogP contribution is 2.25. The fraction of sp³-hybridized carbons (Fsp3) is 0.316. The van der Waals surface area contributed by atoms with E-state index in [4.69, 9.17) is 16.3 Å².